The summed E-state index contributed by atoms with van der Waals surface area (Å²) in [5.74, 6) is 0. The van der Waals surface area contributed by atoms with E-state index in [-0.39, 0.29) is 5.54 Å². The Morgan fingerprint density at radius 2 is 2.33 bits per heavy atom. The molecule has 2 rings (SSSR count). The van der Waals surface area contributed by atoms with Gasteiger partial charge in [-0.2, -0.15) is 5.10 Å². The molecule has 1 aliphatic rings. The van der Waals surface area contributed by atoms with E-state index in [2.05, 4.69) is 35.9 Å². The van der Waals surface area contributed by atoms with Crippen molar-refractivity contribution >= 4 is 0 Å². The van der Waals surface area contributed by atoms with Crippen LogP contribution in [-0.4, -0.2) is 15.3 Å². The minimum absolute atomic E-state index is 0.0502. The van der Waals surface area contributed by atoms with E-state index in [0.29, 0.717) is 6.04 Å². The van der Waals surface area contributed by atoms with Gasteiger partial charge in [0.1, 0.15) is 0 Å². The van der Waals surface area contributed by atoms with Crippen LogP contribution in [0.3, 0.4) is 0 Å². The Morgan fingerprint density at radius 3 is 2.87 bits per heavy atom. The van der Waals surface area contributed by atoms with Gasteiger partial charge in [0.2, 0.25) is 0 Å². The maximum absolute atomic E-state index is 6.20. The highest BCUT2D eigenvalue weighted by molar-refractivity contribution is 5.08. The van der Waals surface area contributed by atoms with Gasteiger partial charge in [-0.1, -0.05) is 6.92 Å². The summed E-state index contributed by atoms with van der Waals surface area (Å²) >= 11 is 0. The van der Waals surface area contributed by atoms with Gasteiger partial charge in [0.05, 0.1) is 5.69 Å². The fourth-order valence-corrected chi connectivity index (χ4v) is 2.07. The molecular weight excluding hydrogens is 186 g/mol. The van der Waals surface area contributed by atoms with Crippen LogP contribution in [-0.2, 0) is 6.42 Å². The Balaban J connectivity index is 2.00. The molecule has 1 fully saturated rings. The average molecular weight is 207 g/mol. The third-order valence-electron chi connectivity index (χ3n) is 3.59. The van der Waals surface area contributed by atoms with E-state index in [1.54, 1.807) is 0 Å². The van der Waals surface area contributed by atoms with Crippen LogP contribution in [0.1, 0.15) is 51.3 Å². The number of hydrogen-bond donors (Lipinski definition) is 1. The lowest BCUT2D eigenvalue weighted by Gasteiger charge is -2.37. The molecule has 0 aliphatic heterocycles. The number of rotatable bonds is 4. The van der Waals surface area contributed by atoms with Crippen LogP contribution in [0, 0.1) is 0 Å². The second kappa shape index (κ2) is 3.97. The van der Waals surface area contributed by atoms with Crippen molar-refractivity contribution in [3.63, 3.8) is 0 Å². The number of aromatic nitrogens is 2. The van der Waals surface area contributed by atoms with Crippen molar-refractivity contribution < 1.29 is 0 Å². The largest absolute Gasteiger partial charge is 0.325 e. The van der Waals surface area contributed by atoms with Crippen molar-refractivity contribution in [1.82, 2.24) is 9.78 Å². The maximum atomic E-state index is 6.20. The fraction of sp³-hybridized carbons (Fsp3) is 0.750. The summed E-state index contributed by atoms with van der Waals surface area (Å²) in [6, 6.07) is 2.60. The van der Waals surface area contributed by atoms with Crippen molar-refractivity contribution in [2.24, 2.45) is 5.73 Å². The van der Waals surface area contributed by atoms with E-state index in [0.717, 1.165) is 31.4 Å². The summed E-state index contributed by atoms with van der Waals surface area (Å²) in [6.07, 6.45) is 7.73. The Morgan fingerprint density at radius 1 is 1.60 bits per heavy atom. The molecule has 0 radical (unpaired) electrons. The average Bonchev–Trinajstić information content (AvgIpc) is 2.62. The summed E-state index contributed by atoms with van der Waals surface area (Å²) in [5, 5.41) is 4.58. The molecule has 0 saturated heterocycles. The van der Waals surface area contributed by atoms with Crippen LogP contribution in [0.25, 0.3) is 0 Å². The minimum atomic E-state index is 0.0502. The van der Waals surface area contributed by atoms with Gasteiger partial charge in [-0.3, -0.25) is 4.68 Å². The van der Waals surface area contributed by atoms with Gasteiger partial charge in [0, 0.05) is 24.2 Å². The molecule has 1 unspecified atom stereocenters. The van der Waals surface area contributed by atoms with Gasteiger partial charge in [0.15, 0.2) is 0 Å². The topological polar surface area (TPSA) is 43.8 Å². The maximum Gasteiger partial charge on any atom is 0.0643 e. The quantitative estimate of drug-likeness (QED) is 0.823. The standard InChI is InChI=1S/C12H21N3/c1-3-10(2)15-8-5-11(14-15)9-12(13)6-4-7-12/h5,8,10H,3-4,6-7,9,13H2,1-2H3. The monoisotopic (exact) mass is 207 g/mol. The first-order valence-electron chi connectivity index (χ1n) is 5.96. The third kappa shape index (κ3) is 2.23. The molecule has 84 valence electrons. The van der Waals surface area contributed by atoms with Crippen LogP contribution in [0.4, 0.5) is 0 Å². The molecule has 1 aromatic heterocycles. The van der Waals surface area contributed by atoms with Crippen molar-refractivity contribution in [2.75, 3.05) is 0 Å². The molecule has 2 N–H and O–H groups in total. The first kappa shape index (κ1) is 10.7. The van der Waals surface area contributed by atoms with Crippen LogP contribution < -0.4 is 5.73 Å². The summed E-state index contributed by atoms with van der Waals surface area (Å²) in [5.41, 5.74) is 7.40. The van der Waals surface area contributed by atoms with Crippen LogP contribution in [0.15, 0.2) is 12.3 Å². The number of hydrogen-bond acceptors (Lipinski definition) is 2. The van der Waals surface area contributed by atoms with Crippen molar-refractivity contribution in [3.8, 4) is 0 Å². The molecule has 1 aliphatic carbocycles. The third-order valence-corrected chi connectivity index (χ3v) is 3.59. The highest BCUT2D eigenvalue weighted by Gasteiger charge is 2.33. The van der Waals surface area contributed by atoms with E-state index in [1.165, 1.54) is 6.42 Å². The van der Waals surface area contributed by atoms with Gasteiger partial charge in [-0.15, -0.1) is 0 Å². The molecule has 1 aromatic rings. The Kier molecular flexibility index (Phi) is 2.83. The predicted octanol–water partition coefficient (Wildman–Crippen LogP) is 2.28. The first-order chi connectivity index (χ1) is 7.13. The molecular formula is C12H21N3. The second-order valence-electron chi connectivity index (χ2n) is 4.94. The van der Waals surface area contributed by atoms with E-state index < -0.39 is 0 Å². The normalized spacial score (nSPS) is 21.0. The Labute approximate surface area is 91.7 Å². The van der Waals surface area contributed by atoms with E-state index in [4.69, 9.17) is 5.73 Å². The van der Waals surface area contributed by atoms with E-state index in [1.807, 2.05) is 0 Å². The van der Waals surface area contributed by atoms with Crippen molar-refractivity contribution in [3.05, 3.63) is 18.0 Å². The van der Waals surface area contributed by atoms with E-state index in [9.17, 15) is 0 Å². The molecule has 0 aromatic carbocycles. The summed E-state index contributed by atoms with van der Waals surface area (Å²) in [4.78, 5) is 0. The van der Waals surface area contributed by atoms with Gasteiger partial charge in [-0.05, 0) is 38.7 Å². The summed E-state index contributed by atoms with van der Waals surface area (Å²) < 4.78 is 2.05. The molecule has 0 amide bonds. The van der Waals surface area contributed by atoms with Crippen molar-refractivity contribution in [2.45, 2.75) is 57.5 Å². The number of nitrogens with two attached hydrogens (primary N) is 1. The lowest BCUT2D eigenvalue weighted by atomic mass is 9.75. The highest BCUT2D eigenvalue weighted by Crippen LogP contribution is 2.31. The zero-order chi connectivity index (χ0) is 10.9. The highest BCUT2D eigenvalue weighted by atomic mass is 15.3. The predicted molar refractivity (Wildman–Crippen MR) is 61.7 cm³/mol. The number of nitrogens with zero attached hydrogens (tertiary/aromatic N) is 2. The zero-order valence-corrected chi connectivity index (χ0v) is 9.74. The van der Waals surface area contributed by atoms with Gasteiger partial charge < -0.3 is 5.73 Å². The van der Waals surface area contributed by atoms with Crippen molar-refractivity contribution in [1.29, 1.82) is 0 Å². The summed E-state index contributed by atoms with van der Waals surface area (Å²) in [7, 11) is 0. The second-order valence-corrected chi connectivity index (χ2v) is 4.94. The molecule has 3 heteroatoms. The molecule has 3 nitrogen and oxygen atoms in total. The first-order valence-corrected chi connectivity index (χ1v) is 5.96. The lowest BCUT2D eigenvalue weighted by Crippen LogP contribution is -2.48. The fourth-order valence-electron chi connectivity index (χ4n) is 2.07. The summed E-state index contributed by atoms with van der Waals surface area (Å²) in [6.45, 7) is 4.38. The van der Waals surface area contributed by atoms with Gasteiger partial charge >= 0.3 is 0 Å². The Hall–Kier alpha value is -0.830. The van der Waals surface area contributed by atoms with Crippen LogP contribution >= 0.6 is 0 Å². The van der Waals surface area contributed by atoms with Crippen LogP contribution in [0.2, 0.25) is 0 Å². The molecule has 1 saturated carbocycles. The minimum Gasteiger partial charge on any atom is -0.325 e. The smallest absolute Gasteiger partial charge is 0.0643 e. The van der Waals surface area contributed by atoms with Gasteiger partial charge in [0.25, 0.3) is 0 Å². The molecule has 1 heterocycles. The zero-order valence-electron chi connectivity index (χ0n) is 9.74. The van der Waals surface area contributed by atoms with Crippen LogP contribution in [0.5, 0.6) is 0 Å². The molecule has 0 bridgehead atoms. The molecule has 0 spiro atoms. The molecule has 15 heavy (non-hydrogen) atoms. The molecule has 1 atom stereocenters. The SMILES string of the molecule is CCC(C)n1ccc(CC2(N)CCC2)n1. The lowest BCUT2D eigenvalue weighted by molar-refractivity contribution is 0.244. The Bertz CT molecular complexity index is 325. The van der Waals surface area contributed by atoms with E-state index >= 15 is 0 Å². The van der Waals surface area contributed by atoms with Gasteiger partial charge in [-0.25, -0.2) is 0 Å².